The monoisotopic (exact) mass is 639 g/mol. The maximum absolute atomic E-state index is 10.1. The van der Waals surface area contributed by atoms with E-state index in [-0.39, 0.29) is 17.0 Å². The van der Waals surface area contributed by atoms with Crippen molar-refractivity contribution in [2.45, 2.75) is 26.7 Å². The van der Waals surface area contributed by atoms with Crippen LogP contribution in [0, 0.1) is 66.4 Å². The number of allylic oxidation sites excluding steroid dienone is 14. The molecule has 2 aromatic rings. The number of aryl methyl sites for hydroxylation is 2. The van der Waals surface area contributed by atoms with Crippen LogP contribution in [0.4, 0.5) is 0 Å². The van der Waals surface area contributed by atoms with Crippen molar-refractivity contribution in [1.29, 1.82) is 21.2 Å². The van der Waals surface area contributed by atoms with Gasteiger partial charge in [0, 0.05) is 35.5 Å². The third-order valence-corrected chi connectivity index (χ3v) is 8.10. The van der Waals surface area contributed by atoms with Crippen LogP contribution in [0.5, 0.6) is 0 Å². The summed E-state index contributed by atoms with van der Waals surface area (Å²) in [7, 11) is 0. The fourth-order valence-electron chi connectivity index (χ4n) is 5.67. The SMILES string of the molecule is [C-]#[N+]C(C#N)=C(C(=C=N)/C=C/C=C1CCC(/C=C/C=C(C#N)/C(=C(\C#N)[N+]#[C-])c2ccc(C)cc2)=C1N1CCOCC1)c1ccc(C)cc1. The molecule has 238 valence electrons. The van der Waals surface area contributed by atoms with Crippen molar-refractivity contribution >= 4 is 17.0 Å². The highest BCUT2D eigenvalue weighted by Gasteiger charge is 2.25. The molecular weight excluding hydrogens is 606 g/mol. The normalized spacial score (nSPS) is 16.6. The van der Waals surface area contributed by atoms with Gasteiger partial charge in [0.25, 0.3) is 11.4 Å². The average molecular weight is 640 g/mol. The second kappa shape index (κ2) is 17.3. The lowest BCUT2D eigenvalue weighted by Gasteiger charge is -2.31. The van der Waals surface area contributed by atoms with E-state index in [2.05, 4.69) is 26.5 Å². The van der Waals surface area contributed by atoms with E-state index in [9.17, 15) is 15.8 Å². The first kappa shape index (κ1) is 35.1. The van der Waals surface area contributed by atoms with E-state index in [0.717, 1.165) is 40.8 Å². The summed E-state index contributed by atoms with van der Waals surface area (Å²) in [5.74, 6) is 2.43. The number of benzene rings is 2. The lowest BCUT2D eigenvalue weighted by atomic mass is 9.95. The molecule has 4 rings (SSSR count). The summed E-state index contributed by atoms with van der Waals surface area (Å²) in [6.45, 7) is 21.6. The highest BCUT2D eigenvalue weighted by Crippen LogP contribution is 2.36. The van der Waals surface area contributed by atoms with Crippen LogP contribution in [0.2, 0.25) is 0 Å². The molecule has 1 fully saturated rings. The number of hydrogen-bond donors (Lipinski definition) is 1. The molecule has 0 amide bonds. The lowest BCUT2D eigenvalue weighted by Crippen LogP contribution is -2.36. The summed E-state index contributed by atoms with van der Waals surface area (Å²) in [6.07, 6.45) is 12.4. The molecule has 0 spiro atoms. The van der Waals surface area contributed by atoms with Gasteiger partial charge in [-0.2, -0.15) is 5.26 Å². The van der Waals surface area contributed by atoms with Gasteiger partial charge in [0.15, 0.2) is 0 Å². The van der Waals surface area contributed by atoms with Crippen LogP contribution in [0.1, 0.15) is 35.1 Å². The summed E-state index contributed by atoms with van der Waals surface area (Å²) >= 11 is 0. The van der Waals surface area contributed by atoms with Crippen LogP contribution in [0.3, 0.4) is 0 Å². The summed E-state index contributed by atoms with van der Waals surface area (Å²) < 4.78 is 5.62. The summed E-state index contributed by atoms with van der Waals surface area (Å²) in [5.41, 5.74) is 7.53. The topological polar surface area (TPSA) is 116 Å². The van der Waals surface area contributed by atoms with Gasteiger partial charge in [-0.15, -0.1) is 0 Å². The lowest BCUT2D eigenvalue weighted by molar-refractivity contribution is 0.0547. The van der Waals surface area contributed by atoms with Gasteiger partial charge in [-0.3, -0.25) is 5.41 Å². The Labute approximate surface area is 287 Å². The van der Waals surface area contributed by atoms with Crippen molar-refractivity contribution < 1.29 is 4.74 Å². The van der Waals surface area contributed by atoms with Crippen LogP contribution in [-0.2, 0) is 4.74 Å². The van der Waals surface area contributed by atoms with Crippen LogP contribution >= 0.6 is 0 Å². The van der Waals surface area contributed by atoms with Crippen LogP contribution in [0.15, 0.2) is 124 Å². The molecule has 1 N–H and O–H groups in total. The summed E-state index contributed by atoms with van der Waals surface area (Å²) in [6, 6.07) is 20.9. The van der Waals surface area contributed by atoms with Gasteiger partial charge in [-0.1, -0.05) is 84.0 Å². The Hall–Kier alpha value is -6.72. The van der Waals surface area contributed by atoms with E-state index in [1.807, 2.05) is 92.7 Å². The Balaban J connectivity index is 1.73. The molecule has 1 aliphatic heterocycles. The maximum atomic E-state index is 10.1. The standard InChI is InChI=1S/C41H33N7O/c1-29-11-15-31(16-12-29)39(37(27-44)46-3)35(25-42)9-5-7-33-19-20-34(41(33)48-21-23-49-24-22-48)8-6-10-36(26-43)40(38(28-45)47-4)32-17-13-30(2)14-18-32/h5-18,42H,19-24H2,1-2H3/b8-6+,9-5+,33-7?,36-10+,39-37?,40-38+. The van der Waals surface area contributed by atoms with E-state index >= 15 is 0 Å². The molecule has 0 bridgehead atoms. The maximum Gasteiger partial charge on any atom is 0.270 e. The van der Waals surface area contributed by atoms with Crippen LogP contribution in [0.25, 0.3) is 20.8 Å². The minimum atomic E-state index is -0.145. The molecule has 2 aromatic carbocycles. The first-order valence-corrected chi connectivity index (χ1v) is 15.6. The first-order valence-electron chi connectivity index (χ1n) is 15.6. The van der Waals surface area contributed by atoms with E-state index in [0.29, 0.717) is 54.1 Å². The Morgan fingerprint density at radius 2 is 1.39 bits per heavy atom. The predicted octanol–water partition coefficient (Wildman–Crippen LogP) is 8.36. The Kier molecular flexibility index (Phi) is 12.4. The molecule has 8 nitrogen and oxygen atoms in total. The molecule has 49 heavy (non-hydrogen) atoms. The second-order valence-corrected chi connectivity index (χ2v) is 11.2. The quantitative estimate of drug-likeness (QED) is 0.128. The molecule has 0 aromatic heterocycles. The van der Waals surface area contributed by atoms with Crippen LogP contribution in [-0.4, -0.2) is 37.1 Å². The number of nitrogens with zero attached hydrogens (tertiary/aromatic N) is 6. The molecule has 1 heterocycles. The van der Waals surface area contributed by atoms with E-state index in [1.165, 1.54) is 0 Å². The smallest absolute Gasteiger partial charge is 0.270 e. The molecule has 0 radical (unpaired) electrons. The summed E-state index contributed by atoms with van der Waals surface area (Å²) in [5, 5.41) is 37.5. The molecule has 0 saturated carbocycles. The predicted molar refractivity (Wildman–Crippen MR) is 191 cm³/mol. The second-order valence-electron chi connectivity index (χ2n) is 11.2. The van der Waals surface area contributed by atoms with Gasteiger partial charge in [0.05, 0.1) is 50.1 Å². The Morgan fingerprint density at radius 3 is 1.92 bits per heavy atom. The van der Waals surface area contributed by atoms with Crippen molar-refractivity contribution in [2.75, 3.05) is 26.3 Å². The number of ether oxygens (including phenoxy) is 1. The minimum Gasteiger partial charge on any atom is -0.378 e. The fourth-order valence-corrected chi connectivity index (χ4v) is 5.67. The van der Waals surface area contributed by atoms with Gasteiger partial charge in [0.2, 0.25) is 0 Å². The van der Waals surface area contributed by atoms with Gasteiger partial charge >= 0.3 is 0 Å². The van der Waals surface area contributed by atoms with Gasteiger partial charge in [-0.05, 0) is 67.0 Å². The zero-order valence-corrected chi connectivity index (χ0v) is 27.4. The minimum absolute atomic E-state index is 0.110. The third-order valence-electron chi connectivity index (χ3n) is 8.10. The first-order chi connectivity index (χ1) is 23.9. The molecule has 1 saturated heterocycles. The van der Waals surface area contributed by atoms with Crippen LogP contribution < -0.4 is 0 Å². The van der Waals surface area contributed by atoms with Gasteiger partial charge < -0.3 is 9.64 Å². The number of nitrogens with one attached hydrogen (secondary N) is 1. The van der Waals surface area contributed by atoms with Gasteiger partial charge in [0.1, 0.15) is 0 Å². The fraction of sp³-hybridized carbons (Fsp3) is 0.195. The number of hydrogen-bond acceptors (Lipinski definition) is 6. The zero-order valence-electron chi connectivity index (χ0n) is 27.4. The highest BCUT2D eigenvalue weighted by atomic mass is 16.5. The van der Waals surface area contributed by atoms with E-state index < -0.39 is 0 Å². The average Bonchev–Trinajstić information content (AvgIpc) is 3.54. The van der Waals surface area contributed by atoms with Crippen molar-refractivity contribution in [2.24, 2.45) is 0 Å². The van der Waals surface area contributed by atoms with Crippen molar-refractivity contribution in [3.05, 3.63) is 169 Å². The highest BCUT2D eigenvalue weighted by molar-refractivity contribution is 5.94. The number of morpholine rings is 1. The van der Waals surface area contributed by atoms with Crippen molar-refractivity contribution in [1.82, 2.24) is 4.90 Å². The molecule has 1 aliphatic carbocycles. The third kappa shape index (κ3) is 8.56. The van der Waals surface area contributed by atoms with E-state index in [1.54, 1.807) is 18.2 Å². The summed E-state index contributed by atoms with van der Waals surface area (Å²) in [4.78, 5) is 9.11. The Bertz CT molecular complexity index is 2060. The largest absolute Gasteiger partial charge is 0.378 e. The molecular formula is C41H33N7O. The molecule has 2 aliphatic rings. The molecule has 8 heteroatoms. The molecule has 0 atom stereocenters. The van der Waals surface area contributed by atoms with Crippen molar-refractivity contribution in [3.63, 3.8) is 0 Å². The zero-order chi connectivity index (χ0) is 35.2. The van der Waals surface area contributed by atoms with E-state index in [4.69, 9.17) is 23.3 Å². The number of rotatable bonds is 9. The number of nitriles is 3. The molecule has 0 unspecified atom stereocenters. The van der Waals surface area contributed by atoms with Gasteiger partial charge in [-0.25, -0.2) is 20.2 Å². The van der Waals surface area contributed by atoms with Crippen molar-refractivity contribution in [3.8, 4) is 18.2 Å². The Morgan fingerprint density at radius 1 is 0.816 bits per heavy atom.